The third-order valence-electron chi connectivity index (χ3n) is 1.98. The number of H-pyrrole nitrogens is 1. The number of amides is 1. The Hall–Kier alpha value is -2.71. The summed E-state index contributed by atoms with van der Waals surface area (Å²) in [6.07, 6.45) is 0. The van der Waals surface area contributed by atoms with Crippen molar-refractivity contribution in [1.29, 1.82) is 0 Å². The predicted octanol–water partition coefficient (Wildman–Crippen LogP) is -0.254. The Labute approximate surface area is 102 Å². The highest BCUT2D eigenvalue weighted by Gasteiger charge is 2.13. The number of hydrogen-bond acceptors (Lipinski definition) is 7. The fourth-order valence-electron chi connectivity index (χ4n) is 1.24. The molecule has 0 radical (unpaired) electrons. The number of methoxy groups -OCH3 is 1. The molecule has 1 amide bonds. The first-order valence-electron chi connectivity index (χ1n) is 4.97. The minimum absolute atomic E-state index is 0.0112. The second kappa shape index (κ2) is 4.65. The average Bonchev–Trinajstić information content (AvgIpc) is 2.75. The Bertz CT molecular complexity index is 580. The molecule has 2 aromatic rings. The van der Waals surface area contributed by atoms with Crippen molar-refractivity contribution in [3.8, 4) is 5.88 Å². The van der Waals surface area contributed by atoms with Crippen molar-refractivity contribution in [3.05, 3.63) is 17.6 Å². The highest BCUT2D eigenvalue weighted by atomic mass is 16.5. The molecular weight excluding hydrogens is 238 g/mol. The maximum Gasteiger partial charge on any atom is 0.295 e. The monoisotopic (exact) mass is 249 g/mol. The van der Waals surface area contributed by atoms with Gasteiger partial charge in [0.25, 0.3) is 5.91 Å². The Kier molecular flexibility index (Phi) is 3.04. The number of nitrogen functional groups attached to an aromatic ring is 1. The van der Waals surface area contributed by atoms with Crippen LogP contribution in [0.3, 0.4) is 0 Å². The van der Waals surface area contributed by atoms with Gasteiger partial charge in [-0.3, -0.25) is 15.2 Å². The maximum absolute atomic E-state index is 11.7. The van der Waals surface area contributed by atoms with Gasteiger partial charge in [0.2, 0.25) is 23.6 Å². The van der Waals surface area contributed by atoms with Gasteiger partial charge in [-0.1, -0.05) is 0 Å². The van der Waals surface area contributed by atoms with Crippen LogP contribution < -0.4 is 15.8 Å². The second-order valence-corrected chi connectivity index (χ2v) is 3.37. The van der Waals surface area contributed by atoms with Crippen LogP contribution in [0.5, 0.6) is 5.88 Å². The summed E-state index contributed by atoms with van der Waals surface area (Å²) in [4.78, 5) is 23.4. The zero-order valence-corrected chi connectivity index (χ0v) is 9.76. The van der Waals surface area contributed by atoms with E-state index in [1.165, 1.54) is 7.11 Å². The summed E-state index contributed by atoms with van der Waals surface area (Å²) < 4.78 is 4.97. The molecule has 9 heteroatoms. The number of aromatic nitrogens is 5. The van der Waals surface area contributed by atoms with Gasteiger partial charge < -0.3 is 10.5 Å². The van der Waals surface area contributed by atoms with E-state index in [0.29, 0.717) is 11.6 Å². The number of nitrogens with two attached hydrogens (primary N) is 1. The molecule has 2 heterocycles. The number of rotatable bonds is 3. The lowest BCUT2D eigenvalue weighted by atomic mass is 10.4. The van der Waals surface area contributed by atoms with Crippen LogP contribution in [-0.4, -0.2) is 38.2 Å². The van der Waals surface area contributed by atoms with Gasteiger partial charge in [-0.05, 0) is 6.92 Å². The second-order valence-electron chi connectivity index (χ2n) is 3.37. The van der Waals surface area contributed by atoms with Crippen LogP contribution in [0, 0.1) is 6.92 Å². The third kappa shape index (κ3) is 2.51. The molecule has 0 atom stereocenters. The number of nitrogens with zero attached hydrogens (tertiary/aromatic N) is 4. The van der Waals surface area contributed by atoms with Gasteiger partial charge >= 0.3 is 0 Å². The average molecular weight is 249 g/mol. The molecule has 9 nitrogen and oxygen atoms in total. The topological polar surface area (TPSA) is 132 Å². The first kappa shape index (κ1) is 11.8. The van der Waals surface area contributed by atoms with Gasteiger partial charge in [0.05, 0.1) is 7.11 Å². The van der Waals surface area contributed by atoms with Crippen molar-refractivity contribution in [2.24, 2.45) is 0 Å². The number of carbonyl (C=O) groups is 1. The molecule has 4 N–H and O–H groups in total. The number of hydrogen-bond donors (Lipinski definition) is 3. The Morgan fingerprint density at radius 2 is 2.22 bits per heavy atom. The van der Waals surface area contributed by atoms with Crippen molar-refractivity contribution in [2.75, 3.05) is 18.2 Å². The zero-order chi connectivity index (χ0) is 13.1. The quantitative estimate of drug-likeness (QED) is 0.683. The Morgan fingerprint density at radius 1 is 1.44 bits per heavy atom. The number of carbonyl (C=O) groups excluding carboxylic acids is 1. The summed E-state index contributed by atoms with van der Waals surface area (Å²) in [5.41, 5.74) is 5.96. The summed E-state index contributed by atoms with van der Waals surface area (Å²) in [6, 6.07) is 1.64. The van der Waals surface area contributed by atoms with Gasteiger partial charge in [0, 0.05) is 11.8 Å². The van der Waals surface area contributed by atoms with Crippen LogP contribution in [0.15, 0.2) is 6.07 Å². The van der Waals surface area contributed by atoms with Crippen molar-refractivity contribution in [3.63, 3.8) is 0 Å². The SMILES string of the molecule is COc1cc(C)nc(NC(=O)c2nc(N)n[nH]2)n1. The van der Waals surface area contributed by atoms with E-state index in [4.69, 9.17) is 10.5 Å². The van der Waals surface area contributed by atoms with E-state index in [9.17, 15) is 4.79 Å². The minimum Gasteiger partial charge on any atom is -0.481 e. The predicted molar refractivity (Wildman–Crippen MR) is 62.1 cm³/mol. The highest BCUT2D eigenvalue weighted by Crippen LogP contribution is 2.11. The first-order chi connectivity index (χ1) is 8.58. The van der Waals surface area contributed by atoms with E-state index in [0.717, 1.165) is 0 Å². The van der Waals surface area contributed by atoms with Gasteiger partial charge in [-0.2, -0.15) is 9.97 Å². The van der Waals surface area contributed by atoms with Gasteiger partial charge in [0.1, 0.15) is 0 Å². The number of ether oxygens (including phenoxy) is 1. The van der Waals surface area contributed by atoms with Crippen molar-refractivity contribution < 1.29 is 9.53 Å². The number of aromatic amines is 1. The fourth-order valence-corrected chi connectivity index (χ4v) is 1.24. The molecule has 0 aliphatic heterocycles. The summed E-state index contributed by atoms with van der Waals surface area (Å²) in [5.74, 6) is -0.0898. The molecule has 0 spiro atoms. The van der Waals surface area contributed by atoms with Gasteiger partial charge in [0.15, 0.2) is 0 Å². The molecule has 0 unspecified atom stereocenters. The number of anilines is 2. The largest absolute Gasteiger partial charge is 0.481 e. The standard InChI is InChI=1S/C9H11N7O2/c1-4-3-5(18-2)12-9(11-4)14-7(17)6-13-8(10)16-15-6/h3H,1-2H3,(H3,10,13,15,16)(H,11,12,14,17). The smallest absolute Gasteiger partial charge is 0.295 e. The first-order valence-corrected chi connectivity index (χ1v) is 4.97. The van der Waals surface area contributed by atoms with Crippen LogP contribution in [0.4, 0.5) is 11.9 Å². The third-order valence-corrected chi connectivity index (χ3v) is 1.98. The molecule has 94 valence electrons. The molecule has 0 fully saturated rings. The van der Waals surface area contributed by atoms with E-state index in [2.05, 4.69) is 30.5 Å². The molecule has 0 aromatic carbocycles. The molecule has 2 rings (SSSR count). The molecule has 2 aromatic heterocycles. The van der Waals surface area contributed by atoms with Crippen LogP contribution in [0.1, 0.15) is 16.3 Å². The Morgan fingerprint density at radius 3 is 2.83 bits per heavy atom. The summed E-state index contributed by atoms with van der Waals surface area (Å²) in [5, 5.41) is 8.39. The van der Waals surface area contributed by atoms with Crippen molar-refractivity contribution >= 4 is 17.8 Å². The van der Waals surface area contributed by atoms with Crippen molar-refractivity contribution in [1.82, 2.24) is 25.1 Å². The number of aryl methyl sites for hydroxylation is 1. The van der Waals surface area contributed by atoms with E-state index >= 15 is 0 Å². The number of nitrogens with one attached hydrogen (secondary N) is 2. The lowest BCUT2D eigenvalue weighted by molar-refractivity contribution is 0.101. The lowest BCUT2D eigenvalue weighted by Gasteiger charge is -2.04. The summed E-state index contributed by atoms with van der Waals surface area (Å²) in [7, 11) is 1.48. The molecule has 0 aliphatic rings. The molecule has 0 saturated carbocycles. The van der Waals surface area contributed by atoms with Crippen molar-refractivity contribution in [2.45, 2.75) is 6.92 Å². The zero-order valence-electron chi connectivity index (χ0n) is 9.76. The molecular formula is C9H11N7O2. The normalized spacial score (nSPS) is 10.1. The van der Waals surface area contributed by atoms with E-state index < -0.39 is 5.91 Å². The van der Waals surface area contributed by atoms with E-state index in [1.54, 1.807) is 13.0 Å². The Balaban J connectivity index is 2.18. The van der Waals surface area contributed by atoms with Crippen LogP contribution in [-0.2, 0) is 0 Å². The molecule has 0 aliphatic carbocycles. The fraction of sp³-hybridized carbons (Fsp3) is 0.222. The van der Waals surface area contributed by atoms with Gasteiger partial charge in [-0.25, -0.2) is 4.98 Å². The molecule has 0 bridgehead atoms. The van der Waals surface area contributed by atoms with E-state index in [-0.39, 0.29) is 17.7 Å². The minimum atomic E-state index is -0.535. The lowest BCUT2D eigenvalue weighted by Crippen LogP contribution is -2.16. The summed E-state index contributed by atoms with van der Waals surface area (Å²) in [6.45, 7) is 1.76. The highest BCUT2D eigenvalue weighted by molar-refractivity contribution is 6.00. The van der Waals surface area contributed by atoms with Gasteiger partial charge in [-0.15, -0.1) is 5.10 Å². The maximum atomic E-state index is 11.7. The molecule has 0 saturated heterocycles. The summed E-state index contributed by atoms with van der Waals surface area (Å²) >= 11 is 0. The van der Waals surface area contributed by atoms with Crippen LogP contribution in [0.2, 0.25) is 0 Å². The molecule has 18 heavy (non-hydrogen) atoms. The van der Waals surface area contributed by atoms with Crippen LogP contribution in [0.25, 0.3) is 0 Å². The van der Waals surface area contributed by atoms with Crippen LogP contribution >= 0.6 is 0 Å². The van der Waals surface area contributed by atoms with E-state index in [1.807, 2.05) is 0 Å².